The van der Waals surface area contributed by atoms with Gasteiger partial charge >= 0.3 is 0 Å². The second kappa shape index (κ2) is 11.0. The first kappa shape index (κ1) is 27.7. The lowest BCUT2D eigenvalue weighted by atomic mass is 10.2. The minimum atomic E-state index is -4.23. The number of carbonyl (C=O) groups excluding carboxylic acids is 1. The number of benzene rings is 2. The Labute approximate surface area is 213 Å². The Kier molecular flexibility index (Phi) is 8.28. The van der Waals surface area contributed by atoms with E-state index in [0.29, 0.717) is 12.2 Å². The van der Waals surface area contributed by atoms with Crippen LogP contribution in [0.1, 0.15) is 43.7 Å². The maximum atomic E-state index is 13.6. The van der Waals surface area contributed by atoms with Gasteiger partial charge in [-0.1, -0.05) is 13.8 Å². The first-order chi connectivity index (χ1) is 17.3. The molecule has 0 saturated carbocycles. The summed E-state index contributed by atoms with van der Waals surface area (Å²) in [6, 6.07) is 7.88. The van der Waals surface area contributed by atoms with Crippen molar-refractivity contribution in [1.29, 1.82) is 0 Å². The molecule has 0 bridgehead atoms. The predicted molar refractivity (Wildman–Crippen MR) is 134 cm³/mol. The molecule has 1 heterocycles. The first-order valence-corrected chi connectivity index (χ1v) is 12.9. The van der Waals surface area contributed by atoms with Gasteiger partial charge in [0, 0.05) is 30.3 Å². The average molecular weight is 534 g/mol. The van der Waals surface area contributed by atoms with Crippen LogP contribution in [0, 0.1) is 28.8 Å². The van der Waals surface area contributed by atoms with Crippen LogP contribution in [0.4, 0.5) is 10.1 Å². The standard InChI is InChI=1S/C24H28FN5O6S/c1-14(2)13-26-23(31)22-16(5)24(29(27-22)18-8-6-17(25)7-9-18)36-20-11-10-19(30(32)33)12-21(20)37(34,35)28-15(3)4/h6-12,14-15,28H,13H2,1-5H3,(H,26,31). The number of non-ortho nitro benzene ring substituents is 1. The highest BCUT2D eigenvalue weighted by atomic mass is 32.2. The summed E-state index contributed by atoms with van der Waals surface area (Å²) in [5.74, 6) is -1.03. The first-order valence-electron chi connectivity index (χ1n) is 11.4. The topological polar surface area (TPSA) is 145 Å². The van der Waals surface area contributed by atoms with Crippen LogP contribution in [0.5, 0.6) is 11.6 Å². The molecule has 0 radical (unpaired) electrons. The zero-order valence-electron chi connectivity index (χ0n) is 21.0. The molecule has 198 valence electrons. The third-order valence-electron chi connectivity index (χ3n) is 5.05. The second-order valence-electron chi connectivity index (χ2n) is 9.04. The Morgan fingerprint density at radius 2 is 1.81 bits per heavy atom. The van der Waals surface area contributed by atoms with E-state index in [9.17, 15) is 27.7 Å². The van der Waals surface area contributed by atoms with Crippen LogP contribution in [-0.2, 0) is 10.0 Å². The average Bonchev–Trinajstić information content (AvgIpc) is 3.13. The number of amides is 1. The smallest absolute Gasteiger partial charge is 0.272 e. The van der Waals surface area contributed by atoms with Crippen LogP contribution in [-0.4, -0.2) is 41.6 Å². The van der Waals surface area contributed by atoms with Crippen molar-refractivity contribution in [2.75, 3.05) is 6.54 Å². The zero-order valence-corrected chi connectivity index (χ0v) is 21.8. The van der Waals surface area contributed by atoms with E-state index < -0.39 is 43.3 Å². The molecule has 1 aromatic heterocycles. The molecule has 11 nitrogen and oxygen atoms in total. The third kappa shape index (κ3) is 6.49. The van der Waals surface area contributed by atoms with Crippen molar-refractivity contribution in [2.24, 2.45) is 5.92 Å². The van der Waals surface area contributed by atoms with E-state index in [2.05, 4.69) is 15.1 Å². The monoisotopic (exact) mass is 533 g/mol. The Morgan fingerprint density at radius 3 is 2.38 bits per heavy atom. The number of aromatic nitrogens is 2. The number of sulfonamides is 1. The summed E-state index contributed by atoms with van der Waals surface area (Å²) in [4.78, 5) is 23.0. The minimum Gasteiger partial charge on any atom is -0.437 e. The van der Waals surface area contributed by atoms with Gasteiger partial charge in [-0.15, -0.1) is 0 Å². The number of carbonyl (C=O) groups is 1. The van der Waals surface area contributed by atoms with E-state index in [0.717, 1.165) is 18.2 Å². The summed E-state index contributed by atoms with van der Waals surface area (Å²) in [6.07, 6.45) is 0. The fourth-order valence-corrected chi connectivity index (χ4v) is 4.73. The maximum Gasteiger partial charge on any atom is 0.272 e. The van der Waals surface area contributed by atoms with E-state index in [1.807, 2.05) is 13.8 Å². The van der Waals surface area contributed by atoms with Crippen LogP contribution in [0.25, 0.3) is 5.69 Å². The lowest BCUT2D eigenvalue weighted by Crippen LogP contribution is -2.30. The van der Waals surface area contributed by atoms with Crippen molar-refractivity contribution in [2.45, 2.75) is 45.6 Å². The van der Waals surface area contributed by atoms with Gasteiger partial charge in [0.15, 0.2) is 5.69 Å². The van der Waals surface area contributed by atoms with Crippen LogP contribution in [0.3, 0.4) is 0 Å². The highest BCUT2D eigenvalue weighted by Gasteiger charge is 2.28. The minimum absolute atomic E-state index is 0.0174. The molecule has 3 aromatic rings. The molecular formula is C24H28FN5O6S. The van der Waals surface area contributed by atoms with Crippen LogP contribution in [0.2, 0.25) is 0 Å². The lowest BCUT2D eigenvalue weighted by molar-refractivity contribution is -0.385. The van der Waals surface area contributed by atoms with Gasteiger partial charge in [-0.3, -0.25) is 14.9 Å². The zero-order chi connectivity index (χ0) is 27.5. The van der Waals surface area contributed by atoms with E-state index in [-0.39, 0.29) is 28.8 Å². The Balaban J connectivity index is 2.18. The molecule has 0 atom stereocenters. The van der Waals surface area contributed by atoms with Crippen molar-refractivity contribution in [1.82, 2.24) is 19.8 Å². The van der Waals surface area contributed by atoms with E-state index in [4.69, 9.17) is 4.74 Å². The van der Waals surface area contributed by atoms with Crippen molar-refractivity contribution in [3.05, 3.63) is 69.7 Å². The molecule has 1 amide bonds. The van der Waals surface area contributed by atoms with Crippen LogP contribution in [0.15, 0.2) is 47.4 Å². The Morgan fingerprint density at radius 1 is 1.16 bits per heavy atom. The molecule has 2 N–H and O–H groups in total. The normalized spacial score (nSPS) is 11.7. The SMILES string of the molecule is Cc1c(C(=O)NCC(C)C)nn(-c2ccc(F)cc2)c1Oc1ccc([N+](=O)[O-])cc1S(=O)(=O)NC(C)C. The van der Waals surface area contributed by atoms with Gasteiger partial charge in [0.25, 0.3) is 11.6 Å². The van der Waals surface area contributed by atoms with E-state index in [1.54, 1.807) is 20.8 Å². The molecular weight excluding hydrogens is 505 g/mol. The number of nitro benzene ring substituents is 1. The maximum absolute atomic E-state index is 13.6. The quantitative estimate of drug-likeness (QED) is 0.295. The molecule has 0 fully saturated rings. The number of hydrogen-bond acceptors (Lipinski definition) is 7. The number of halogens is 1. The third-order valence-corrected chi connectivity index (χ3v) is 6.73. The highest BCUT2D eigenvalue weighted by Crippen LogP contribution is 2.35. The van der Waals surface area contributed by atoms with Gasteiger partial charge in [0.1, 0.15) is 16.5 Å². The molecule has 37 heavy (non-hydrogen) atoms. The van der Waals surface area contributed by atoms with Gasteiger partial charge in [0.2, 0.25) is 15.9 Å². The molecule has 2 aromatic carbocycles. The van der Waals surface area contributed by atoms with E-state index >= 15 is 0 Å². The van der Waals surface area contributed by atoms with Crippen LogP contribution >= 0.6 is 0 Å². The van der Waals surface area contributed by atoms with Gasteiger partial charge in [-0.05, 0) is 57.0 Å². The molecule has 0 spiro atoms. The van der Waals surface area contributed by atoms with Crippen molar-refractivity contribution >= 4 is 21.6 Å². The Bertz CT molecular complexity index is 1420. The fraction of sp³-hybridized carbons (Fsp3) is 0.333. The van der Waals surface area contributed by atoms with Gasteiger partial charge in [0.05, 0.1) is 10.6 Å². The molecule has 3 rings (SSSR count). The lowest BCUT2D eigenvalue weighted by Gasteiger charge is -2.15. The summed E-state index contributed by atoms with van der Waals surface area (Å²) in [5, 5.41) is 18.5. The largest absolute Gasteiger partial charge is 0.437 e. The summed E-state index contributed by atoms with van der Waals surface area (Å²) in [6.45, 7) is 9.03. The van der Waals surface area contributed by atoms with E-state index in [1.165, 1.54) is 28.9 Å². The molecule has 0 aliphatic heterocycles. The second-order valence-corrected chi connectivity index (χ2v) is 10.7. The van der Waals surface area contributed by atoms with Crippen molar-refractivity contribution < 1.29 is 27.3 Å². The summed E-state index contributed by atoms with van der Waals surface area (Å²) < 4.78 is 49.3. The fourth-order valence-electron chi connectivity index (χ4n) is 3.34. The molecule has 0 aliphatic rings. The molecule has 13 heteroatoms. The van der Waals surface area contributed by atoms with Gasteiger partial charge < -0.3 is 10.1 Å². The highest BCUT2D eigenvalue weighted by molar-refractivity contribution is 7.89. The number of nitrogens with one attached hydrogen (secondary N) is 2. The number of nitrogens with zero attached hydrogens (tertiary/aromatic N) is 3. The number of rotatable bonds is 10. The van der Waals surface area contributed by atoms with Gasteiger partial charge in [-0.2, -0.15) is 9.78 Å². The molecule has 0 saturated heterocycles. The Hall–Kier alpha value is -3.84. The molecule has 0 unspecified atom stereocenters. The van der Waals surface area contributed by atoms with Gasteiger partial charge in [-0.25, -0.2) is 17.5 Å². The number of nitro groups is 1. The number of ether oxygens (including phenoxy) is 1. The number of hydrogen-bond donors (Lipinski definition) is 2. The summed E-state index contributed by atoms with van der Waals surface area (Å²) in [5.41, 5.74) is 0.193. The predicted octanol–water partition coefficient (Wildman–Crippen LogP) is 4.09. The van der Waals surface area contributed by atoms with Crippen molar-refractivity contribution in [3.63, 3.8) is 0 Å². The molecule has 0 aliphatic carbocycles. The van der Waals surface area contributed by atoms with Crippen LogP contribution < -0.4 is 14.8 Å². The summed E-state index contributed by atoms with van der Waals surface area (Å²) >= 11 is 0. The van der Waals surface area contributed by atoms with Crippen molar-refractivity contribution in [3.8, 4) is 17.3 Å². The summed E-state index contributed by atoms with van der Waals surface area (Å²) in [7, 11) is -4.23.